The van der Waals surface area contributed by atoms with Crippen LogP contribution < -0.4 is 5.32 Å². The van der Waals surface area contributed by atoms with E-state index in [2.05, 4.69) is 29.6 Å². The molecule has 0 spiro atoms. The van der Waals surface area contributed by atoms with Gasteiger partial charge in [0.25, 0.3) is 0 Å². The Morgan fingerprint density at radius 1 is 0.600 bits per heavy atom. The standard InChI is InChI=1S/C27H16ClNO/c28-21-11-5-6-12-22(21)29-23-15-17-8-2-4-10-19(17)24-20-14-13-16-7-1-3-9-18(16)25(20)27(30)26(23)24/h1-15,29H. The third-order valence-corrected chi connectivity index (χ3v) is 6.17. The van der Waals surface area contributed by atoms with E-state index in [1.165, 1.54) is 0 Å². The fourth-order valence-electron chi connectivity index (χ4n) is 4.52. The van der Waals surface area contributed by atoms with Crippen LogP contribution in [-0.2, 0) is 0 Å². The predicted octanol–water partition coefficient (Wildman–Crippen LogP) is 7.60. The van der Waals surface area contributed by atoms with Crippen LogP contribution in [0, 0.1) is 0 Å². The molecule has 6 rings (SSSR count). The van der Waals surface area contributed by atoms with Gasteiger partial charge < -0.3 is 5.32 Å². The van der Waals surface area contributed by atoms with Gasteiger partial charge in [0.1, 0.15) is 0 Å². The molecule has 1 aliphatic carbocycles. The van der Waals surface area contributed by atoms with Gasteiger partial charge in [0.05, 0.1) is 22.0 Å². The molecule has 5 aromatic rings. The molecule has 0 heterocycles. The van der Waals surface area contributed by atoms with Crippen molar-refractivity contribution < 1.29 is 4.79 Å². The topological polar surface area (TPSA) is 29.1 Å². The van der Waals surface area contributed by atoms with Crippen molar-refractivity contribution in [1.29, 1.82) is 0 Å². The molecule has 142 valence electrons. The van der Waals surface area contributed by atoms with Gasteiger partial charge in [-0.2, -0.15) is 0 Å². The molecule has 0 fully saturated rings. The van der Waals surface area contributed by atoms with Crippen LogP contribution in [0.1, 0.15) is 15.9 Å². The monoisotopic (exact) mass is 405 g/mol. The molecule has 3 heteroatoms. The van der Waals surface area contributed by atoms with Crippen molar-refractivity contribution in [3.8, 4) is 11.1 Å². The lowest BCUT2D eigenvalue weighted by Gasteiger charge is -2.14. The SMILES string of the molecule is O=C1c2c(Nc3ccccc3Cl)cc3ccccc3c2-c2ccc3ccccc3c21. The Balaban J connectivity index is 1.69. The first-order valence-corrected chi connectivity index (χ1v) is 10.2. The second-order valence-electron chi connectivity index (χ2n) is 7.54. The molecule has 1 N–H and O–H groups in total. The molecule has 0 unspecified atom stereocenters. The predicted molar refractivity (Wildman–Crippen MR) is 125 cm³/mol. The van der Waals surface area contributed by atoms with Gasteiger partial charge >= 0.3 is 0 Å². The minimum Gasteiger partial charge on any atom is -0.354 e. The van der Waals surface area contributed by atoms with E-state index in [9.17, 15) is 4.79 Å². The number of hydrogen-bond acceptors (Lipinski definition) is 2. The van der Waals surface area contributed by atoms with Crippen molar-refractivity contribution in [1.82, 2.24) is 0 Å². The molecule has 0 aliphatic heterocycles. The van der Waals surface area contributed by atoms with Crippen LogP contribution in [0.25, 0.3) is 32.7 Å². The second-order valence-corrected chi connectivity index (χ2v) is 7.95. The molecule has 5 aromatic carbocycles. The Labute approximate surface area is 178 Å². The molecule has 0 bridgehead atoms. The van der Waals surface area contributed by atoms with E-state index in [1.54, 1.807) is 0 Å². The number of halogens is 1. The summed E-state index contributed by atoms with van der Waals surface area (Å²) in [5, 5.41) is 8.27. The van der Waals surface area contributed by atoms with E-state index >= 15 is 0 Å². The molecule has 0 radical (unpaired) electrons. The number of rotatable bonds is 2. The number of benzene rings is 5. The van der Waals surface area contributed by atoms with Crippen LogP contribution in [0.5, 0.6) is 0 Å². The molecular formula is C27H16ClNO. The molecule has 0 aromatic heterocycles. The summed E-state index contributed by atoms with van der Waals surface area (Å²) < 4.78 is 0. The minimum atomic E-state index is 0.0529. The minimum absolute atomic E-state index is 0.0529. The first-order chi connectivity index (χ1) is 14.7. The van der Waals surface area contributed by atoms with Crippen LogP contribution >= 0.6 is 11.6 Å². The third kappa shape index (κ3) is 2.41. The summed E-state index contributed by atoms with van der Waals surface area (Å²) in [6, 6.07) is 30.1. The van der Waals surface area contributed by atoms with Crippen molar-refractivity contribution in [2.75, 3.05) is 5.32 Å². The first kappa shape index (κ1) is 17.3. The zero-order valence-corrected chi connectivity index (χ0v) is 16.7. The molecule has 0 atom stereocenters. The molecule has 30 heavy (non-hydrogen) atoms. The highest BCUT2D eigenvalue weighted by molar-refractivity contribution is 6.34. The highest BCUT2D eigenvalue weighted by atomic mass is 35.5. The molecule has 2 nitrogen and oxygen atoms in total. The number of ketones is 1. The van der Waals surface area contributed by atoms with E-state index in [-0.39, 0.29) is 5.78 Å². The number of anilines is 2. The summed E-state index contributed by atoms with van der Waals surface area (Å²) in [4.78, 5) is 13.8. The van der Waals surface area contributed by atoms with Crippen molar-refractivity contribution >= 4 is 50.3 Å². The zero-order chi connectivity index (χ0) is 20.2. The highest BCUT2D eigenvalue weighted by Gasteiger charge is 2.32. The van der Waals surface area contributed by atoms with E-state index in [4.69, 9.17) is 11.6 Å². The Bertz CT molecular complexity index is 1500. The largest absolute Gasteiger partial charge is 0.354 e. The zero-order valence-electron chi connectivity index (χ0n) is 15.9. The lowest BCUT2D eigenvalue weighted by Crippen LogP contribution is -2.02. The number of carbonyl (C=O) groups excluding carboxylic acids is 1. The molecular weight excluding hydrogens is 390 g/mol. The van der Waals surface area contributed by atoms with E-state index in [0.717, 1.165) is 49.6 Å². The summed E-state index contributed by atoms with van der Waals surface area (Å²) in [5.41, 5.74) is 5.04. The summed E-state index contributed by atoms with van der Waals surface area (Å²) in [5.74, 6) is 0.0529. The van der Waals surface area contributed by atoms with Crippen LogP contribution in [0.15, 0.2) is 91.0 Å². The Hall–Kier alpha value is -3.62. The fourth-order valence-corrected chi connectivity index (χ4v) is 4.70. The maximum atomic E-state index is 13.8. The smallest absolute Gasteiger partial charge is 0.197 e. The summed E-state index contributed by atoms with van der Waals surface area (Å²) in [6.45, 7) is 0. The Kier molecular flexibility index (Phi) is 3.71. The summed E-state index contributed by atoms with van der Waals surface area (Å²) in [6.07, 6.45) is 0. The van der Waals surface area contributed by atoms with Crippen molar-refractivity contribution in [2.24, 2.45) is 0 Å². The van der Waals surface area contributed by atoms with Gasteiger partial charge in [-0.15, -0.1) is 0 Å². The highest BCUT2D eigenvalue weighted by Crippen LogP contribution is 2.47. The van der Waals surface area contributed by atoms with E-state index in [1.807, 2.05) is 66.7 Å². The molecule has 0 saturated heterocycles. The second kappa shape index (κ2) is 6.45. The van der Waals surface area contributed by atoms with Crippen molar-refractivity contribution in [3.05, 3.63) is 107 Å². The average molecular weight is 406 g/mol. The quantitative estimate of drug-likeness (QED) is 0.321. The van der Waals surface area contributed by atoms with Gasteiger partial charge in [-0.3, -0.25) is 4.79 Å². The fraction of sp³-hybridized carbons (Fsp3) is 0. The van der Waals surface area contributed by atoms with Gasteiger partial charge in [0.15, 0.2) is 5.78 Å². The van der Waals surface area contributed by atoms with E-state index < -0.39 is 0 Å². The summed E-state index contributed by atoms with van der Waals surface area (Å²) >= 11 is 6.40. The Morgan fingerprint density at radius 2 is 1.27 bits per heavy atom. The van der Waals surface area contributed by atoms with Crippen LogP contribution in [0.3, 0.4) is 0 Å². The van der Waals surface area contributed by atoms with Gasteiger partial charge in [0, 0.05) is 11.1 Å². The average Bonchev–Trinajstić information content (AvgIpc) is 3.09. The van der Waals surface area contributed by atoms with Crippen molar-refractivity contribution in [2.45, 2.75) is 0 Å². The molecule has 1 aliphatic rings. The maximum absolute atomic E-state index is 13.8. The first-order valence-electron chi connectivity index (χ1n) is 9.86. The number of para-hydroxylation sites is 1. The number of carbonyl (C=O) groups is 1. The summed E-state index contributed by atoms with van der Waals surface area (Å²) in [7, 11) is 0. The van der Waals surface area contributed by atoms with Gasteiger partial charge in [-0.1, -0.05) is 84.4 Å². The van der Waals surface area contributed by atoms with Gasteiger partial charge in [-0.05, 0) is 45.3 Å². The van der Waals surface area contributed by atoms with Gasteiger partial charge in [0.2, 0.25) is 0 Å². The van der Waals surface area contributed by atoms with Crippen LogP contribution in [0.4, 0.5) is 11.4 Å². The van der Waals surface area contributed by atoms with E-state index in [0.29, 0.717) is 10.6 Å². The van der Waals surface area contributed by atoms with Crippen LogP contribution in [0.2, 0.25) is 5.02 Å². The number of fused-ring (bicyclic) bond motifs is 7. The number of hydrogen-bond donors (Lipinski definition) is 1. The van der Waals surface area contributed by atoms with Gasteiger partial charge in [-0.25, -0.2) is 0 Å². The van der Waals surface area contributed by atoms with Crippen LogP contribution in [-0.4, -0.2) is 5.78 Å². The lowest BCUT2D eigenvalue weighted by molar-refractivity contribution is 0.104. The molecule has 0 saturated carbocycles. The number of nitrogens with one attached hydrogen (secondary N) is 1. The third-order valence-electron chi connectivity index (χ3n) is 5.84. The normalized spacial score (nSPS) is 12.2. The lowest BCUT2D eigenvalue weighted by atomic mass is 9.95. The van der Waals surface area contributed by atoms with Crippen molar-refractivity contribution in [3.63, 3.8) is 0 Å². The molecule has 0 amide bonds. The Morgan fingerprint density at radius 3 is 2.07 bits per heavy atom. The maximum Gasteiger partial charge on any atom is 0.197 e.